The van der Waals surface area contributed by atoms with E-state index < -0.39 is 17.7 Å². The van der Waals surface area contributed by atoms with Crippen LogP contribution in [0, 0.1) is 11.6 Å². The number of hydrogen-bond donors (Lipinski definition) is 2. The molecule has 0 bridgehead atoms. The fourth-order valence-corrected chi connectivity index (χ4v) is 2.29. The molecule has 1 aromatic rings. The number of benzene rings is 1. The van der Waals surface area contributed by atoms with Gasteiger partial charge in [-0.05, 0) is 31.9 Å². The Balaban J connectivity index is 2.00. The molecule has 2 atom stereocenters. The third kappa shape index (κ3) is 3.23. The molecule has 1 saturated heterocycles. The predicted molar refractivity (Wildman–Crippen MR) is 61.6 cm³/mol. The molecule has 1 aliphatic heterocycles. The largest absolute Gasteiger partial charge is 0.388 e. The van der Waals surface area contributed by atoms with Crippen LogP contribution in [0.1, 0.15) is 37.4 Å². The van der Waals surface area contributed by atoms with Gasteiger partial charge in [-0.1, -0.05) is 12.5 Å². The summed E-state index contributed by atoms with van der Waals surface area (Å²) >= 11 is 0. The summed E-state index contributed by atoms with van der Waals surface area (Å²) in [6.45, 7) is 0.948. The Morgan fingerprint density at radius 1 is 1.35 bits per heavy atom. The Morgan fingerprint density at radius 2 is 2.18 bits per heavy atom. The lowest BCUT2D eigenvalue weighted by molar-refractivity contribution is 0.140. The molecule has 2 N–H and O–H groups in total. The highest BCUT2D eigenvalue weighted by atomic mass is 19.1. The monoisotopic (exact) mass is 241 g/mol. The lowest BCUT2D eigenvalue weighted by atomic mass is 9.96. The van der Waals surface area contributed by atoms with Crippen LogP contribution in [0.15, 0.2) is 18.2 Å². The Morgan fingerprint density at radius 3 is 2.82 bits per heavy atom. The van der Waals surface area contributed by atoms with Gasteiger partial charge in [-0.3, -0.25) is 0 Å². The lowest BCUT2D eigenvalue weighted by Gasteiger charge is -2.25. The summed E-state index contributed by atoms with van der Waals surface area (Å²) in [5.74, 6) is -1.29. The molecule has 2 nitrogen and oxygen atoms in total. The summed E-state index contributed by atoms with van der Waals surface area (Å²) in [7, 11) is 0. The minimum atomic E-state index is -0.869. The smallest absolute Gasteiger partial charge is 0.131 e. The van der Waals surface area contributed by atoms with Gasteiger partial charge in [0.15, 0.2) is 0 Å². The van der Waals surface area contributed by atoms with Crippen molar-refractivity contribution >= 4 is 0 Å². The highest BCUT2D eigenvalue weighted by Crippen LogP contribution is 2.24. The van der Waals surface area contributed by atoms with Crippen LogP contribution in [0.2, 0.25) is 0 Å². The topological polar surface area (TPSA) is 32.3 Å². The van der Waals surface area contributed by atoms with E-state index >= 15 is 0 Å². The second kappa shape index (κ2) is 5.56. The first kappa shape index (κ1) is 12.5. The van der Waals surface area contributed by atoms with E-state index in [9.17, 15) is 13.9 Å². The molecular weight excluding hydrogens is 224 g/mol. The molecule has 1 fully saturated rings. The van der Waals surface area contributed by atoms with Crippen molar-refractivity contribution in [1.82, 2.24) is 5.32 Å². The first-order valence-corrected chi connectivity index (χ1v) is 6.03. The number of hydrogen-bond acceptors (Lipinski definition) is 2. The van der Waals surface area contributed by atoms with Gasteiger partial charge in [-0.25, -0.2) is 8.78 Å². The molecule has 1 aliphatic rings. The molecule has 0 spiro atoms. The highest BCUT2D eigenvalue weighted by Gasteiger charge is 2.20. The maximum absolute atomic E-state index is 13.4. The molecule has 94 valence electrons. The van der Waals surface area contributed by atoms with Crippen LogP contribution in [0.3, 0.4) is 0 Å². The molecule has 0 radical (unpaired) electrons. The van der Waals surface area contributed by atoms with Crippen molar-refractivity contribution in [3.8, 4) is 0 Å². The van der Waals surface area contributed by atoms with E-state index in [2.05, 4.69) is 5.32 Å². The van der Waals surface area contributed by atoms with Crippen molar-refractivity contribution in [2.45, 2.75) is 37.8 Å². The van der Waals surface area contributed by atoms with Gasteiger partial charge in [-0.2, -0.15) is 0 Å². The fourth-order valence-electron chi connectivity index (χ4n) is 2.29. The predicted octanol–water partition coefficient (Wildman–Crippen LogP) is 2.53. The Labute approximate surface area is 99.7 Å². The maximum Gasteiger partial charge on any atom is 0.131 e. The van der Waals surface area contributed by atoms with Crippen LogP contribution >= 0.6 is 0 Å². The maximum atomic E-state index is 13.4. The third-order valence-corrected chi connectivity index (χ3v) is 3.24. The van der Waals surface area contributed by atoms with Crippen LogP contribution in [0.4, 0.5) is 8.78 Å². The number of aliphatic hydroxyl groups is 1. The summed E-state index contributed by atoms with van der Waals surface area (Å²) in [6.07, 6.45) is 2.89. The average molecular weight is 241 g/mol. The molecule has 2 unspecified atom stereocenters. The van der Waals surface area contributed by atoms with Crippen molar-refractivity contribution in [3.05, 3.63) is 35.4 Å². The number of aliphatic hydroxyl groups excluding tert-OH is 1. The zero-order valence-corrected chi connectivity index (χ0v) is 9.63. The zero-order valence-electron chi connectivity index (χ0n) is 9.63. The van der Waals surface area contributed by atoms with Crippen LogP contribution < -0.4 is 5.32 Å². The molecule has 0 aliphatic carbocycles. The molecule has 1 aromatic carbocycles. The zero-order chi connectivity index (χ0) is 12.3. The van der Waals surface area contributed by atoms with Gasteiger partial charge in [0.1, 0.15) is 11.6 Å². The first-order valence-electron chi connectivity index (χ1n) is 6.03. The van der Waals surface area contributed by atoms with E-state index in [0.29, 0.717) is 6.42 Å². The number of halogens is 2. The second-order valence-electron chi connectivity index (χ2n) is 4.56. The average Bonchev–Trinajstić information content (AvgIpc) is 2.30. The summed E-state index contributed by atoms with van der Waals surface area (Å²) in [5, 5.41) is 13.2. The Kier molecular flexibility index (Phi) is 4.07. The van der Waals surface area contributed by atoms with Crippen LogP contribution in [0.25, 0.3) is 0 Å². The third-order valence-electron chi connectivity index (χ3n) is 3.24. The van der Waals surface area contributed by atoms with Gasteiger partial charge >= 0.3 is 0 Å². The van der Waals surface area contributed by atoms with Gasteiger partial charge in [0.2, 0.25) is 0 Å². The van der Waals surface area contributed by atoms with Crippen molar-refractivity contribution in [2.24, 2.45) is 0 Å². The van der Waals surface area contributed by atoms with E-state index in [-0.39, 0.29) is 11.6 Å². The van der Waals surface area contributed by atoms with Crippen LogP contribution in [-0.4, -0.2) is 17.7 Å². The Hall–Kier alpha value is -1.00. The minimum Gasteiger partial charge on any atom is -0.388 e. The van der Waals surface area contributed by atoms with Gasteiger partial charge in [0.25, 0.3) is 0 Å². The summed E-state index contributed by atoms with van der Waals surface area (Å²) < 4.78 is 26.2. The fraction of sp³-hybridized carbons (Fsp3) is 0.538. The van der Waals surface area contributed by atoms with Gasteiger partial charge in [-0.15, -0.1) is 0 Å². The van der Waals surface area contributed by atoms with Gasteiger partial charge in [0.05, 0.1) is 6.10 Å². The summed E-state index contributed by atoms with van der Waals surface area (Å²) in [6, 6.07) is 3.53. The van der Waals surface area contributed by atoms with Crippen LogP contribution in [0.5, 0.6) is 0 Å². The SMILES string of the molecule is OC(CC1CCCCN1)c1ccc(F)cc1F. The highest BCUT2D eigenvalue weighted by molar-refractivity contribution is 5.21. The quantitative estimate of drug-likeness (QED) is 0.852. The molecular formula is C13H17F2NO. The number of piperidine rings is 1. The minimum absolute atomic E-state index is 0.179. The van der Waals surface area contributed by atoms with Crippen molar-refractivity contribution in [2.75, 3.05) is 6.54 Å². The summed E-state index contributed by atoms with van der Waals surface area (Å²) in [4.78, 5) is 0. The summed E-state index contributed by atoms with van der Waals surface area (Å²) in [5.41, 5.74) is 0.179. The van der Waals surface area contributed by atoms with Gasteiger partial charge in [0, 0.05) is 17.7 Å². The second-order valence-corrected chi connectivity index (χ2v) is 4.56. The van der Waals surface area contributed by atoms with E-state index in [4.69, 9.17) is 0 Å². The molecule has 2 rings (SSSR count). The van der Waals surface area contributed by atoms with Gasteiger partial charge < -0.3 is 10.4 Å². The molecule has 0 aromatic heterocycles. The van der Waals surface area contributed by atoms with Crippen molar-refractivity contribution < 1.29 is 13.9 Å². The van der Waals surface area contributed by atoms with Crippen molar-refractivity contribution in [1.29, 1.82) is 0 Å². The molecule has 0 amide bonds. The molecule has 17 heavy (non-hydrogen) atoms. The molecule has 1 heterocycles. The standard InChI is InChI=1S/C13H17F2NO/c14-9-4-5-11(12(15)7-9)13(17)8-10-3-1-2-6-16-10/h4-5,7,10,13,16-17H,1-3,6,8H2. The normalized spacial score (nSPS) is 22.4. The molecule has 0 saturated carbocycles. The number of nitrogens with one attached hydrogen (secondary N) is 1. The first-order chi connectivity index (χ1) is 8.16. The van der Waals surface area contributed by atoms with Crippen molar-refractivity contribution in [3.63, 3.8) is 0 Å². The van der Waals surface area contributed by atoms with E-state index in [1.54, 1.807) is 0 Å². The van der Waals surface area contributed by atoms with E-state index in [1.807, 2.05) is 0 Å². The number of rotatable bonds is 3. The van der Waals surface area contributed by atoms with Crippen LogP contribution in [-0.2, 0) is 0 Å². The molecule has 4 heteroatoms. The van der Waals surface area contributed by atoms with E-state index in [0.717, 1.165) is 31.9 Å². The lowest BCUT2D eigenvalue weighted by Crippen LogP contribution is -2.35. The Bertz CT molecular complexity index is 378. The van der Waals surface area contributed by atoms with E-state index in [1.165, 1.54) is 12.1 Å².